The number of imide groups is 1. The van der Waals surface area contributed by atoms with Crippen molar-refractivity contribution in [2.45, 2.75) is 105 Å². The lowest BCUT2D eigenvalue weighted by molar-refractivity contribution is 0.0424. The molecule has 3 amide bonds. The van der Waals surface area contributed by atoms with E-state index in [4.69, 9.17) is 30.2 Å². The third-order valence-electron chi connectivity index (χ3n) is 7.75. The Kier molecular flexibility index (Phi) is 10.4. The lowest BCUT2D eigenvalue weighted by Gasteiger charge is -2.33. The molecule has 1 aliphatic heterocycles. The average Bonchev–Trinajstić information content (AvgIpc) is 3.39. The zero-order valence-corrected chi connectivity index (χ0v) is 31.1. The highest BCUT2D eigenvalue weighted by molar-refractivity contribution is 6.38. The molecule has 12 heteroatoms. The first-order chi connectivity index (χ1) is 23.3. The topological polar surface area (TPSA) is 123 Å². The van der Waals surface area contributed by atoms with E-state index in [0.29, 0.717) is 34.2 Å². The number of nitrogens with zero attached hydrogens (tertiary/aromatic N) is 3. The van der Waals surface area contributed by atoms with Gasteiger partial charge in [-0.15, -0.1) is 0 Å². The van der Waals surface area contributed by atoms with Gasteiger partial charge < -0.3 is 23.9 Å². The quantitative estimate of drug-likeness (QED) is 0.202. The number of hydrogen-bond acceptors (Lipinski definition) is 9. The molecule has 268 valence electrons. The van der Waals surface area contributed by atoms with Crippen LogP contribution >= 0.6 is 11.6 Å². The van der Waals surface area contributed by atoms with Gasteiger partial charge in [-0.1, -0.05) is 29.8 Å². The summed E-state index contributed by atoms with van der Waals surface area (Å²) < 4.78 is 23.0. The molecule has 0 spiro atoms. The van der Waals surface area contributed by atoms with E-state index in [-0.39, 0.29) is 16.9 Å². The smallest absolute Gasteiger partial charge is 0.425 e. The van der Waals surface area contributed by atoms with Gasteiger partial charge in [-0.25, -0.2) is 19.4 Å². The number of para-hydroxylation sites is 1. The van der Waals surface area contributed by atoms with Crippen LogP contribution in [0.5, 0.6) is 0 Å². The molecule has 0 atom stereocenters. The van der Waals surface area contributed by atoms with Crippen molar-refractivity contribution in [1.82, 2.24) is 15.2 Å². The predicted molar refractivity (Wildman–Crippen MR) is 195 cm³/mol. The molecule has 2 aromatic carbocycles. The van der Waals surface area contributed by atoms with Crippen molar-refractivity contribution >= 4 is 57.4 Å². The molecule has 1 saturated heterocycles. The lowest BCUT2D eigenvalue weighted by atomic mass is 10.00. The maximum atomic E-state index is 13.7. The molecule has 0 unspecified atom stereocenters. The second kappa shape index (κ2) is 14.1. The predicted octanol–water partition coefficient (Wildman–Crippen LogP) is 9.47. The van der Waals surface area contributed by atoms with Crippen LogP contribution in [-0.2, 0) is 20.8 Å². The van der Waals surface area contributed by atoms with Crippen LogP contribution in [0.25, 0.3) is 33.1 Å². The molecule has 50 heavy (non-hydrogen) atoms. The van der Waals surface area contributed by atoms with E-state index in [2.05, 4.69) is 15.2 Å². The minimum atomic E-state index is -0.944. The average molecular weight is 707 g/mol. The van der Waals surface area contributed by atoms with Crippen molar-refractivity contribution in [3.05, 3.63) is 59.2 Å². The number of aromatic nitrogens is 1. The van der Waals surface area contributed by atoms with Crippen molar-refractivity contribution < 1.29 is 33.0 Å². The van der Waals surface area contributed by atoms with Crippen molar-refractivity contribution in [3.8, 4) is 11.3 Å². The van der Waals surface area contributed by atoms with Crippen LogP contribution in [0.3, 0.4) is 0 Å². The number of anilines is 1. The van der Waals surface area contributed by atoms with E-state index in [1.54, 1.807) is 47.7 Å². The van der Waals surface area contributed by atoms with Gasteiger partial charge in [-0.3, -0.25) is 4.90 Å². The number of rotatable bonds is 5. The third-order valence-corrected chi connectivity index (χ3v) is 8.05. The highest BCUT2D eigenvalue weighted by atomic mass is 35.5. The number of benzene rings is 2. The number of hydrogen-bond donors (Lipinski definition) is 1. The number of likely N-dealkylation sites (tertiary alicyclic amines) is 1. The fourth-order valence-corrected chi connectivity index (χ4v) is 6.09. The lowest BCUT2D eigenvalue weighted by Crippen LogP contribution is -2.45. The normalized spacial score (nSPS) is 14.8. The van der Waals surface area contributed by atoms with Crippen molar-refractivity contribution in [2.24, 2.45) is 0 Å². The number of amides is 3. The number of pyridine rings is 1. The highest BCUT2D eigenvalue weighted by Crippen LogP contribution is 2.41. The maximum absolute atomic E-state index is 13.7. The number of halogens is 1. The summed E-state index contributed by atoms with van der Waals surface area (Å²) in [7, 11) is 0. The van der Waals surface area contributed by atoms with Gasteiger partial charge in [0.2, 0.25) is 0 Å². The number of furan rings is 1. The zero-order chi connectivity index (χ0) is 36.6. The Labute approximate surface area is 298 Å². The van der Waals surface area contributed by atoms with E-state index >= 15 is 0 Å². The van der Waals surface area contributed by atoms with Crippen LogP contribution in [0.4, 0.5) is 20.2 Å². The molecule has 4 aromatic rings. The van der Waals surface area contributed by atoms with Gasteiger partial charge >= 0.3 is 18.3 Å². The molecule has 11 nitrogen and oxygen atoms in total. The summed E-state index contributed by atoms with van der Waals surface area (Å²) in [5, 5.41) is 5.19. The summed E-state index contributed by atoms with van der Waals surface area (Å²) in [5.74, 6) is 0.535. The number of alkyl carbamates (subject to hydrolysis) is 1. The summed E-state index contributed by atoms with van der Waals surface area (Å²) in [4.78, 5) is 47.4. The number of carbonyl (C=O) groups is 3. The fraction of sp³-hybridized carbons (Fsp3) is 0.474. The molecule has 0 bridgehead atoms. The Morgan fingerprint density at radius 3 is 2.08 bits per heavy atom. The Morgan fingerprint density at radius 1 is 0.900 bits per heavy atom. The first-order valence-corrected chi connectivity index (χ1v) is 17.2. The number of nitrogens with one attached hydrogen (secondary N) is 1. The Morgan fingerprint density at radius 2 is 1.50 bits per heavy atom. The molecule has 1 N–H and O–H groups in total. The monoisotopic (exact) mass is 706 g/mol. The highest BCUT2D eigenvalue weighted by Gasteiger charge is 2.36. The third kappa shape index (κ3) is 9.25. The number of piperidine rings is 1. The van der Waals surface area contributed by atoms with Gasteiger partial charge in [0.05, 0.1) is 5.02 Å². The van der Waals surface area contributed by atoms with Gasteiger partial charge in [-0.2, -0.15) is 4.90 Å². The summed E-state index contributed by atoms with van der Waals surface area (Å²) in [6.45, 7) is 17.9. The van der Waals surface area contributed by atoms with E-state index in [9.17, 15) is 14.4 Å². The van der Waals surface area contributed by atoms with Crippen molar-refractivity contribution in [1.29, 1.82) is 0 Å². The number of ether oxygens (including phenoxy) is 3. The van der Waals surface area contributed by atoms with Gasteiger partial charge in [0, 0.05) is 48.2 Å². The molecular weight excluding hydrogens is 660 g/mol. The van der Waals surface area contributed by atoms with Gasteiger partial charge in [-0.05, 0) is 110 Å². The van der Waals surface area contributed by atoms with Crippen LogP contribution in [-0.4, -0.2) is 64.1 Å². The summed E-state index contributed by atoms with van der Waals surface area (Å²) in [6.07, 6.45) is 0.802. The fourth-order valence-electron chi connectivity index (χ4n) is 5.76. The molecule has 0 aliphatic carbocycles. The van der Waals surface area contributed by atoms with Crippen LogP contribution < -0.4 is 10.2 Å². The van der Waals surface area contributed by atoms with E-state index in [1.165, 1.54) is 0 Å². The van der Waals surface area contributed by atoms with E-state index in [0.717, 1.165) is 41.8 Å². The second-order valence-corrected chi connectivity index (χ2v) is 16.0. The van der Waals surface area contributed by atoms with Gasteiger partial charge in [0.1, 0.15) is 28.1 Å². The van der Waals surface area contributed by atoms with Crippen LogP contribution in [0.2, 0.25) is 5.02 Å². The minimum absolute atomic E-state index is 0.0151. The molecule has 1 aliphatic rings. The molecule has 3 heterocycles. The standard InChI is InChI=1S/C38H47ClN4O7/c1-36(2,3)48-33(44)41-25-14-16-42(17-15-25)22-23-18-26-27(30-20-24-12-10-11-13-29(24)47-30)21-40-32(31(26)28(39)19-23)43(34(45)49-37(4,5)6)35(46)50-38(7,8)9/h10-13,18-21,25H,14-17,22H2,1-9H3,(H,41,44). The summed E-state index contributed by atoms with van der Waals surface area (Å²) in [5.41, 5.74) is -0.126. The molecule has 2 aromatic heterocycles. The van der Waals surface area contributed by atoms with Crippen molar-refractivity contribution in [2.75, 3.05) is 18.0 Å². The van der Waals surface area contributed by atoms with E-state index in [1.807, 2.05) is 63.2 Å². The van der Waals surface area contributed by atoms with E-state index < -0.39 is 35.1 Å². The first kappa shape index (κ1) is 36.9. The Balaban J connectivity index is 1.54. The Hall–Kier alpha value is -4.35. The molecule has 0 saturated carbocycles. The number of fused-ring (bicyclic) bond motifs is 2. The van der Waals surface area contributed by atoms with Crippen LogP contribution in [0, 0.1) is 0 Å². The molecular formula is C38H47ClN4O7. The molecule has 1 fully saturated rings. The minimum Gasteiger partial charge on any atom is -0.456 e. The second-order valence-electron chi connectivity index (χ2n) is 15.6. The summed E-state index contributed by atoms with van der Waals surface area (Å²) >= 11 is 7.09. The maximum Gasteiger partial charge on any atom is 0.425 e. The Bertz CT molecular complexity index is 1830. The first-order valence-electron chi connectivity index (χ1n) is 16.8. The number of carbonyl (C=O) groups excluding carboxylic acids is 3. The summed E-state index contributed by atoms with van der Waals surface area (Å²) in [6, 6.07) is 13.4. The molecule has 0 radical (unpaired) electrons. The van der Waals surface area contributed by atoms with Crippen LogP contribution in [0.1, 0.15) is 80.7 Å². The zero-order valence-electron chi connectivity index (χ0n) is 30.3. The van der Waals surface area contributed by atoms with Crippen molar-refractivity contribution in [3.63, 3.8) is 0 Å². The molecule has 5 rings (SSSR count). The van der Waals surface area contributed by atoms with Gasteiger partial charge in [0.25, 0.3) is 0 Å². The van der Waals surface area contributed by atoms with Crippen LogP contribution in [0.15, 0.2) is 53.1 Å². The van der Waals surface area contributed by atoms with Gasteiger partial charge in [0.15, 0.2) is 5.82 Å². The largest absolute Gasteiger partial charge is 0.456 e. The SMILES string of the molecule is CC(C)(C)OC(=O)NC1CCN(Cc2cc(Cl)c3c(N(C(=O)OC(C)(C)C)C(=O)OC(C)(C)C)ncc(-c4cc5ccccc5o4)c3c2)CC1.